The number of hydrogen-bond acceptors (Lipinski definition) is 2. The van der Waals surface area contributed by atoms with E-state index in [2.05, 4.69) is 21.9 Å². The van der Waals surface area contributed by atoms with Gasteiger partial charge in [0, 0.05) is 42.5 Å². The van der Waals surface area contributed by atoms with Gasteiger partial charge in [0.2, 0.25) is 0 Å². The van der Waals surface area contributed by atoms with Gasteiger partial charge in [-0.15, -0.1) is 0 Å². The second-order valence-electron chi connectivity index (χ2n) is 5.17. The summed E-state index contributed by atoms with van der Waals surface area (Å²) in [5.41, 5.74) is 2.18. The van der Waals surface area contributed by atoms with Gasteiger partial charge in [0.1, 0.15) is 5.84 Å². The third-order valence-corrected chi connectivity index (χ3v) is 4.09. The fourth-order valence-electron chi connectivity index (χ4n) is 2.62. The second-order valence-corrected chi connectivity index (χ2v) is 5.60. The lowest BCUT2D eigenvalue weighted by Gasteiger charge is -2.37. The van der Waals surface area contributed by atoms with Gasteiger partial charge in [-0.05, 0) is 24.3 Å². The molecule has 3 rings (SSSR count). The Morgan fingerprint density at radius 1 is 0.857 bits per heavy atom. The van der Waals surface area contributed by atoms with Gasteiger partial charge in [-0.1, -0.05) is 41.9 Å². The molecule has 0 aromatic heterocycles. The fraction of sp³-hybridized carbons (Fsp3) is 0.235. The van der Waals surface area contributed by atoms with Crippen LogP contribution in [0.4, 0.5) is 5.69 Å². The molecule has 1 heterocycles. The molecule has 0 amide bonds. The third kappa shape index (κ3) is 3.19. The molecule has 2 aromatic carbocycles. The number of halogens is 1. The van der Waals surface area contributed by atoms with Crippen LogP contribution in [0.2, 0.25) is 5.02 Å². The van der Waals surface area contributed by atoms with E-state index in [-0.39, 0.29) is 0 Å². The first-order chi connectivity index (χ1) is 10.2. The molecule has 2 aromatic rings. The summed E-state index contributed by atoms with van der Waals surface area (Å²) in [4.78, 5) is 4.48. The number of rotatable bonds is 2. The molecule has 1 aliphatic heterocycles. The van der Waals surface area contributed by atoms with Crippen molar-refractivity contribution < 1.29 is 0 Å². The Balaban J connectivity index is 1.63. The normalized spacial score (nSPS) is 15.1. The van der Waals surface area contributed by atoms with Gasteiger partial charge in [0.05, 0.1) is 0 Å². The lowest BCUT2D eigenvalue weighted by Crippen LogP contribution is -2.48. The molecule has 0 saturated carbocycles. The number of piperazine rings is 1. The van der Waals surface area contributed by atoms with Crippen molar-refractivity contribution in [3.05, 3.63) is 65.2 Å². The summed E-state index contributed by atoms with van der Waals surface area (Å²) in [6.07, 6.45) is 0. The Morgan fingerprint density at radius 3 is 2.10 bits per heavy atom. The van der Waals surface area contributed by atoms with Gasteiger partial charge in [-0.2, -0.15) is 0 Å². The highest BCUT2D eigenvalue weighted by Gasteiger charge is 2.19. The number of hydrogen-bond donors (Lipinski definition) is 1. The van der Waals surface area contributed by atoms with E-state index in [4.69, 9.17) is 17.0 Å². The van der Waals surface area contributed by atoms with Crippen molar-refractivity contribution in [1.29, 1.82) is 5.41 Å². The Morgan fingerprint density at radius 2 is 1.48 bits per heavy atom. The SMILES string of the molecule is N=C(c1ccccc1)N1CCN(c2ccc(Cl)cc2)CC1. The van der Waals surface area contributed by atoms with Crippen LogP contribution in [0.5, 0.6) is 0 Å². The zero-order valence-electron chi connectivity index (χ0n) is 11.8. The topological polar surface area (TPSA) is 30.3 Å². The number of nitrogens with zero attached hydrogens (tertiary/aromatic N) is 2. The molecule has 1 saturated heterocycles. The van der Waals surface area contributed by atoms with Crippen LogP contribution in [0.1, 0.15) is 5.56 Å². The first kappa shape index (κ1) is 14.0. The molecule has 1 aliphatic rings. The summed E-state index contributed by atoms with van der Waals surface area (Å²) >= 11 is 5.93. The average Bonchev–Trinajstić information content (AvgIpc) is 2.56. The predicted molar refractivity (Wildman–Crippen MR) is 88.5 cm³/mol. The monoisotopic (exact) mass is 299 g/mol. The van der Waals surface area contributed by atoms with Crippen molar-refractivity contribution >= 4 is 23.1 Å². The minimum absolute atomic E-state index is 0.617. The molecule has 3 nitrogen and oxygen atoms in total. The van der Waals surface area contributed by atoms with Crippen LogP contribution in [-0.4, -0.2) is 36.9 Å². The minimum atomic E-state index is 0.617. The van der Waals surface area contributed by atoms with Crippen LogP contribution in [0, 0.1) is 5.41 Å². The highest BCUT2D eigenvalue weighted by molar-refractivity contribution is 6.30. The molecule has 4 heteroatoms. The summed E-state index contributed by atoms with van der Waals surface area (Å²) in [5, 5.41) is 9.08. The van der Waals surface area contributed by atoms with Crippen LogP contribution >= 0.6 is 11.6 Å². The smallest absolute Gasteiger partial charge is 0.128 e. The van der Waals surface area contributed by atoms with E-state index in [1.165, 1.54) is 5.69 Å². The molecule has 0 unspecified atom stereocenters. The van der Waals surface area contributed by atoms with Crippen molar-refractivity contribution in [2.24, 2.45) is 0 Å². The molecule has 0 aliphatic carbocycles. The number of nitrogens with one attached hydrogen (secondary N) is 1. The molecular weight excluding hydrogens is 282 g/mol. The summed E-state index contributed by atoms with van der Waals surface area (Å²) < 4.78 is 0. The maximum Gasteiger partial charge on any atom is 0.128 e. The van der Waals surface area contributed by atoms with Gasteiger partial charge in [-0.25, -0.2) is 0 Å². The quantitative estimate of drug-likeness (QED) is 0.680. The maximum absolute atomic E-state index is 8.31. The molecule has 1 fully saturated rings. The van der Waals surface area contributed by atoms with Crippen LogP contribution in [0.3, 0.4) is 0 Å². The number of amidine groups is 1. The molecule has 0 spiro atoms. The molecule has 1 N–H and O–H groups in total. The maximum atomic E-state index is 8.31. The zero-order valence-corrected chi connectivity index (χ0v) is 12.6. The second kappa shape index (κ2) is 6.19. The summed E-state index contributed by atoms with van der Waals surface area (Å²) in [5.74, 6) is 0.617. The van der Waals surface area contributed by atoms with Crippen molar-refractivity contribution in [3.8, 4) is 0 Å². The minimum Gasteiger partial charge on any atom is -0.368 e. The molecule has 0 atom stereocenters. The van der Waals surface area contributed by atoms with Gasteiger partial charge < -0.3 is 9.80 Å². The van der Waals surface area contributed by atoms with Crippen LogP contribution in [0.25, 0.3) is 0 Å². The van der Waals surface area contributed by atoms with Crippen molar-refractivity contribution in [2.45, 2.75) is 0 Å². The van der Waals surface area contributed by atoms with Gasteiger partial charge in [-0.3, -0.25) is 5.41 Å². The number of benzene rings is 2. The molecule has 21 heavy (non-hydrogen) atoms. The molecular formula is C17H18ClN3. The lowest BCUT2D eigenvalue weighted by molar-refractivity contribution is 0.384. The van der Waals surface area contributed by atoms with Gasteiger partial charge >= 0.3 is 0 Å². The van der Waals surface area contributed by atoms with Crippen LogP contribution < -0.4 is 4.90 Å². The van der Waals surface area contributed by atoms with Gasteiger partial charge in [0.15, 0.2) is 0 Å². The van der Waals surface area contributed by atoms with Gasteiger partial charge in [0.25, 0.3) is 0 Å². The van der Waals surface area contributed by atoms with E-state index in [1.807, 2.05) is 42.5 Å². The highest BCUT2D eigenvalue weighted by atomic mass is 35.5. The van der Waals surface area contributed by atoms with Crippen molar-refractivity contribution in [3.63, 3.8) is 0 Å². The lowest BCUT2D eigenvalue weighted by atomic mass is 10.1. The van der Waals surface area contributed by atoms with E-state index < -0.39 is 0 Å². The predicted octanol–water partition coefficient (Wildman–Crippen LogP) is 3.49. The molecule has 108 valence electrons. The van der Waals surface area contributed by atoms with E-state index in [0.717, 1.165) is 36.8 Å². The van der Waals surface area contributed by atoms with Crippen LogP contribution in [0.15, 0.2) is 54.6 Å². The van der Waals surface area contributed by atoms with E-state index in [0.29, 0.717) is 5.84 Å². The fourth-order valence-corrected chi connectivity index (χ4v) is 2.74. The Kier molecular flexibility index (Phi) is 4.11. The standard InChI is InChI=1S/C17H18ClN3/c18-15-6-8-16(9-7-15)20-10-12-21(13-11-20)17(19)14-4-2-1-3-5-14/h1-9,19H,10-13H2. The zero-order chi connectivity index (χ0) is 14.7. The van der Waals surface area contributed by atoms with E-state index in [1.54, 1.807) is 0 Å². The first-order valence-electron chi connectivity index (χ1n) is 7.13. The number of anilines is 1. The summed E-state index contributed by atoms with van der Waals surface area (Å²) in [6, 6.07) is 17.9. The van der Waals surface area contributed by atoms with Crippen LogP contribution in [-0.2, 0) is 0 Å². The Bertz CT molecular complexity index is 602. The van der Waals surface area contributed by atoms with E-state index in [9.17, 15) is 0 Å². The van der Waals surface area contributed by atoms with Crippen molar-refractivity contribution in [2.75, 3.05) is 31.1 Å². The Labute approximate surface area is 130 Å². The highest BCUT2D eigenvalue weighted by Crippen LogP contribution is 2.20. The molecule has 0 bridgehead atoms. The Hall–Kier alpha value is -2.00. The largest absolute Gasteiger partial charge is 0.368 e. The van der Waals surface area contributed by atoms with E-state index >= 15 is 0 Å². The summed E-state index contributed by atoms with van der Waals surface area (Å²) in [6.45, 7) is 3.60. The molecule has 0 radical (unpaired) electrons. The third-order valence-electron chi connectivity index (χ3n) is 3.83. The summed E-state index contributed by atoms with van der Waals surface area (Å²) in [7, 11) is 0. The van der Waals surface area contributed by atoms with Crippen molar-refractivity contribution in [1.82, 2.24) is 4.90 Å². The first-order valence-corrected chi connectivity index (χ1v) is 7.51. The average molecular weight is 300 g/mol.